The maximum absolute atomic E-state index is 12.7. The number of hydrogen-bond acceptors (Lipinski definition) is 6. The zero-order chi connectivity index (χ0) is 19.6. The maximum atomic E-state index is 12.7. The summed E-state index contributed by atoms with van der Waals surface area (Å²) >= 11 is 6.41. The van der Waals surface area contributed by atoms with Crippen LogP contribution in [0.5, 0.6) is 0 Å². The molecule has 0 aromatic heterocycles. The Hall–Kier alpha value is -3.04. The number of non-ortho nitro benzene ring substituents is 1. The van der Waals surface area contributed by atoms with Gasteiger partial charge in [-0.3, -0.25) is 24.6 Å². The van der Waals surface area contributed by atoms with Crippen LogP contribution < -0.4 is 10.2 Å². The van der Waals surface area contributed by atoms with Gasteiger partial charge in [0, 0.05) is 24.7 Å². The molecule has 0 saturated carbocycles. The van der Waals surface area contributed by atoms with E-state index in [0.717, 1.165) is 17.3 Å². The Bertz CT molecular complexity index is 986. The Labute approximate surface area is 164 Å². The van der Waals surface area contributed by atoms with E-state index in [9.17, 15) is 19.7 Å². The normalized spacial score (nSPS) is 15.3. The molecule has 0 radical (unpaired) electrons. The summed E-state index contributed by atoms with van der Waals surface area (Å²) in [5.74, 6) is -0.503. The van der Waals surface area contributed by atoms with Crippen LogP contribution >= 0.6 is 24.0 Å². The lowest BCUT2D eigenvalue weighted by atomic mass is 10.2. The molecule has 1 fully saturated rings. The van der Waals surface area contributed by atoms with Crippen molar-refractivity contribution in [3.63, 3.8) is 0 Å². The molecule has 2 aromatic carbocycles. The number of nitrogens with zero attached hydrogens (tertiary/aromatic N) is 2. The third kappa shape index (κ3) is 4.21. The SMILES string of the molecule is CC(=O)Nc1ccc(/C=C2/SC(=S)N(c3cccc([N+](=O)[O-])c3)C2=O)cc1. The number of nitro benzene ring substituents is 1. The van der Waals surface area contributed by atoms with Crippen molar-refractivity contribution in [1.29, 1.82) is 0 Å². The number of carbonyl (C=O) groups is 2. The fourth-order valence-corrected chi connectivity index (χ4v) is 3.75. The zero-order valence-electron chi connectivity index (χ0n) is 14.0. The van der Waals surface area contributed by atoms with E-state index in [2.05, 4.69) is 5.32 Å². The Kier molecular flexibility index (Phi) is 5.33. The summed E-state index contributed by atoms with van der Waals surface area (Å²) in [7, 11) is 0. The Morgan fingerprint density at radius 1 is 1.26 bits per heavy atom. The number of amides is 2. The van der Waals surface area contributed by atoms with Crippen molar-refractivity contribution in [2.75, 3.05) is 10.2 Å². The van der Waals surface area contributed by atoms with Gasteiger partial charge in [0.15, 0.2) is 4.32 Å². The highest BCUT2D eigenvalue weighted by molar-refractivity contribution is 8.27. The van der Waals surface area contributed by atoms with E-state index in [1.165, 1.54) is 30.0 Å². The molecule has 1 N–H and O–H groups in total. The fourth-order valence-electron chi connectivity index (χ4n) is 2.45. The first-order valence-corrected chi connectivity index (χ1v) is 8.98. The van der Waals surface area contributed by atoms with Gasteiger partial charge in [0.05, 0.1) is 15.5 Å². The molecule has 3 rings (SSSR count). The largest absolute Gasteiger partial charge is 0.326 e. The molecule has 0 bridgehead atoms. The van der Waals surface area contributed by atoms with Crippen molar-refractivity contribution in [3.05, 3.63) is 69.1 Å². The number of benzene rings is 2. The maximum Gasteiger partial charge on any atom is 0.271 e. The van der Waals surface area contributed by atoms with E-state index in [-0.39, 0.29) is 17.5 Å². The number of rotatable bonds is 4. The second-order valence-corrected chi connectivity index (χ2v) is 7.27. The highest BCUT2D eigenvalue weighted by Gasteiger charge is 2.33. The van der Waals surface area contributed by atoms with Gasteiger partial charge in [-0.05, 0) is 29.8 Å². The molecular formula is C18H13N3O4S2. The third-order valence-corrected chi connectivity index (χ3v) is 4.92. The first-order valence-electron chi connectivity index (χ1n) is 7.75. The van der Waals surface area contributed by atoms with Crippen LogP contribution in [0, 0.1) is 10.1 Å². The summed E-state index contributed by atoms with van der Waals surface area (Å²) in [6, 6.07) is 12.8. The van der Waals surface area contributed by atoms with Crippen molar-refractivity contribution in [3.8, 4) is 0 Å². The number of nitrogens with one attached hydrogen (secondary N) is 1. The summed E-state index contributed by atoms with van der Waals surface area (Å²) in [4.78, 5) is 35.9. The van der Waals surface area contributed by atoms with Gasteiger partial charge in [-0.1, -0.05) is 42.2 Å². The van der Waals surface area contributed by atoms with E-state index >= 15 is 0 Å². The monoisotopic (exact) mass is 399 g/mol. The zero-order valence-corrected chi connectivity index (χ0v) is 15.7. The van der Waals surface area contributed by atoms with Gasteiger partial charge in [-0.2, -0.15) is 0 Å². The summed E-state index contributed by atoms with van der Waals surface area (Å²) in [5, 5.41) is 13.6. The van der Waals surface area contributed by atoms with Crippen LogP contribution in [0.1, 0.15) is 12.5 Å². The Balaban J connectivity index is 1.85. The summed E-state index contributed by atoms with van der Waals surface area (Å²) in [6.45, 7) is 1.42. The highest BCUT2D eigenvalue weighted by atomic mass is 32.2. The number of anilines is 2. The van der Waals surface area contributed by atoms with E-state index in [0.29, 0.717) is 20.6 Å². The van der Waals surface area contributed by atoms with Crippen LogP contribution in [-0.2, 0) is 9.59 Å². The van der Waals surface area contributed by atoms with Crippen molar-refractivity contribution in [2.24, 2.45) is 0 Å². The minimum atomic E-state index is -0.520. The molecule has 0 atom stereocenters. The van der Waals surface area contributed by atoms with Crippen LogP contribution in [0.2, 0.25) is 0 Å². The minimum absolute atomic E-state index is 0.112. The summed E-state index contributed by atoms with van der Waals surface area (Å²) in [6.07, 6.45) is 1.69. The molecule has 27 heavy (non-hydrogen) atoms. The van der Waals surface area contributed by atoms with Crippen LogP contribution in [0.15, 0.2) is 53.4 Å². The van der Waals surface area contributed by atoms with Gasteiger partial charge >= 0.3 is 0 Å². The summed E-state index contributed by atoms with van der Waals surface area (Å²) < 4.78 is 0.307. The van der Waals surface area contributed by atoms with E-state index in [1.54, 1.807) is 36.4 Å². The Morgan fingerprint density at radius 2 is 1.96 bits per heavy atom. The fraction of sp³-hybridized carbons (Fsp3) is 0.0556. The van der Waals surface area contributed by atoms with E-state index in [1.807, 2.05) is 0 Å². The molecule has 0 unspecified atom stereocenters. The molecule has 1 heterocycles. The topological polar surface area (TPSA) is 92.6 Å². The molecule has 9 heteroatoms. The van der Waals surface area contributed by atoms with E-state index < -0.39 is 4.92 Å². The number of carbonyl (C=O) groups excluding carboxylic acids is 2. The number of hydrogen-bond donors (Lipinski definition) is 1. The molecule has 0 spiro atoms. The molecule has 136 valence electrons. The molecule has 1 saturated heterocycles. The molecule has 7 nitrogen and oxygen atoms in total. The van der Waals surface area contributed by atoms with Crippen molar-refractivity contribution >= 4 is 63.3 Å². The number of thiocarbonyl (C=S) groups is 1. The average molecular weight is 399 g/mol. The Morgan fingerprint density at radius 3 is 2.59 bits per heavy atom. The lowest BCUT2D eigenvalue weighted by Gasteiger charge is -2.13. The van der Waals surface area contributed by atoms with Crippen molar-refractivity contribution in [1.82, 2.24) is 0 Å². The molecule has 2 amide bonds. The van der Waals surface area contributed by atoms with Crippen molar-refractivity contribution < 1.29 is 14.5 Å². The lowest BCUT2D eigenvalue weighted by Crippen LogP contribution is -2.27. The first-order chi connectivity index (χ1) is 12.8. The van der Waals surface area contributed by atoms with Crippen LogP contribution in [-0.4, -0.2) is 21.1 Å². The standard InChI is InChI=1S/C18H13N3O4S2/c1-11(22)19-13-7-5-12(6-8-13)9-16-17(23)20(18(26)27-16)14-3-2-4-15(10-14)21(24)25/h2-10H,1H3,(H,19,22)/b16-9+. The molecular weight excluding hydrogens is 386 g/mol. The molecule has 1 aliphatic heterocycles. The van der Waals surface area contributed by atoms with Crippen LogP contribution in [0.4, 0.5) is 17.1 Å². The van der Waals surface area contributed by atoms with Crippen LogP contribution in [0.3, 0.4) is 0 Å². The second kappa shape index (κ2) is 7.68. The van der Waals surface area contributed by atoms with Gasteiger partial charge in [-0.25, -0.2) is 0 Å². The summed E-state index contributed by atoms with van der Waals surface area (Å²) in [5.41, 5.74) is 1.67. The van der Waals surface area contributed by atoms with Gasteiger partial charge in [0.2, 0.25) is 5.91 Å². The smallest absolute Gasteiger partial charge is 0.271 e. The van der Waals surface area contributed by atoms with Gasteiger partial charge < -0.3 is 5.32 Å². The van der Waals surface area contributed by atoms with Crippen LogP contribution in [0.25, 0.3) is 6.08 Å². The first kappa shape index (κ1) is 18.7. The van der Waals surface area contributed by atoms with Gasteiger partial charge in [0.1, 0.15) is 0 Å². The van der Waals surface area contributed by atoms with E-state index in [4.69, 9.17) is 12.2 Å². The molecule has 2 aromatic rings. The molecule has 1 aliphatic rings. The second-order valence-electron chi connectivity index (χ2n) is 5.60. The molecule has 0 aliphatic carbocycles. The van der Waals surface area contributed by atoms with Gasteiger partial charge in [-0.15, -0.1) is 0 Å². The predicted octanol–water partition coefficient (Wildman–Crippen LogP) is 3.96. The third-order valence-electron chi connectivity index (χ3n) is 3.62. The van der Waals surface area contributed by atoms with Crippen molar-refractivity contribution in [2.45, 2.75) is 6.92 Å². The highest BCUT2D eigenvalue weighted by Crippen LogP contribution is 2.37. The quantitative estimate of drug-likeness (QED) is 0.362. The average Bonchev–Trinajstić information content (AvgIpc) is 2.90. The number of nitro groups is 1. The number of thioether (sulfide) groups is 1. The minimum Gasteiger partial charge on any atom is -0.326 e. The predicted molar refractivity (Wildman–Crippen MR) is 109 cm³/mol. The van der Waals surface area contributed by atoms with Gasteiger partial charge in [0.25, 0.3) is 11.6 Å². The lowest BCUT2D eigenvalue weighted by molar-refractivity contribution is -0.384.